The number of β-amino-alcohol motifs (C(OH)–C–C–N with tert-alkyl or cyclic N) is 1. The summed E-state index contributed by atoms with van der Waals surface area (Å²) in [6.07, 6.45) is 2.77. The number of likely N-dealkylation sites (tertiary alicyclic amines) is 1. The smallest absolute Gasteiger partial charge is 0.410 e. The SMILES string of the molecule is Cc1ncsc1-c1ccc(CNC(=O)[C@@H]2C[C@@H](O)CN2C(=O)[C@@H](NC(=O)C2(F)CC2)C(C)(C)SCC2CCC(COC[C@H]3CN(C(=O)OC(C)(C)C)CCO3)CC2)cc1. The molecule has 59 heavy (non-hydrogen) atoms. The Kier molecular flexibility index (Phi) is 14.7. The number of carbonyl (C=O) groups is 4. The van der Waals surface area contributed by atoms with E-state index >= 15 is 4.39 Å². The number of benzene rings is 1. The zero-order chi connectivity index (χ0) is 42.5. The Bertz CT molecular complexity index is 1780. The van der Waals surface area contributed by atoms with Crippen LogP contribution in [0.2, 0.25) is 0 Å². The van der Waals surface area contributed by atoms with Crippen molar-refractivity contribution in [2.24, 2.45) is 11.8 Å². The van der Waals surface area contributed by atoms with Crippen LogP contribution in [-0.4, -0.2) is 129 Å². The molecule has 0 radical (unpaired) electrons. The van der Waals surface area contributed by atoms with Gasteiger partial charge in [0.25, 0.3) is 5.91 Å². The maximum absolute atomic E-state index is 15.1. The number of amides is 4. The van der Waals surface area contributed by atoms with Gasteiger partial charge in [0.15, 0.2) is 5.67 Å². The molecule has 0 unspecified atom stereocenters. The van der Waals surface area contributed by atoms with Gasteiger partial charge in [-0.1, -0.05) is 24.3 Å². The molecule has 4 amide bonds. The fourth-order valence-corrected chi connectivity index (χ4v) is 10.1. The van der Waals surface area contributed by atoms with Crippen LogP contribution >= 0.6 is 23.1 Å². The number of thiazole rings is 1. The van der Waals surface area contributed by atoms with Crippen LogP contribution in [0.3, 0.4) is 0 Å². The van der Waals surface area contributed by atoms with E-state index in [9.17, 15) is 24.3 Å². The highest BCUT2D eigenvalue weighted by molar-refractivity contribution is 8.00. The van der Waals surface area contributed by atoms with Gasteiger partial charge in [-0.05, 0) is 109 Å². The van der Waals surface area contributed by atoms with Crippen molar-refractivity contribution in [2.75, 3.05) is 45.2 Å². The summed E-state index contributed by atoms with van der Waals surface area (Å²) in [5, 5.41) is 16.4. The van der Waals surface area contributed by atoms with Crippen molar-refractivity contribution in [3.63, 3.8) is 0 Å². The van der Waals surface area contributed by atoms with Crippen molar-refractivity contribution in [3.05, 3.63) is 41.0 Å². The van der Waals surface area contributed by atoms with E-state index in [2.05, 4.69) is 15.6 Å². The van der Waals surface area contributed by atoms with Crippen LogP contribution in [0.1, 0.15) is 90.8 Å². The molecule has 2 saturated carbocycles. The predicted octanol–water partition coefficient (Wildman–Crippen LogP) is 5.65. The van der Waals surface area contributed by atoms with E-state index < -0.39 is 51.9 Å². The van der Waals surface area contributed by atoms with Gasteiger partial charge in [0.1, 0.15) is 17.7 Å². The van der Waals surface area contributed by atoms with Crippen LogP contribution in [0.25, 0.3) is 10.4 Å². The van der Waals surface area contributed by atoms with Crippen LogP contribution < -0.4 is 10.6 Å². The summed E-state index contributed by atoms with van der Waals surface area (Å²) in [5.41, 5.74) is 2.14. The minimum absolute atomic E-state index is 0.0609. The molecule has 2 aliphatic carbocycles. The molecule has 0 bridgehead atoms. The Morgan fingerprint density at radius 3 is 2.39 bits per heavy atom. The van der Waals surface area contributed by atoms with Crippen LogP contribution in [-0.2, 0) is 35.1 Å². The minimum atomic E-state index is -1.99. The summed E-state index contributed by atoms with van der Waals surface area (Å²) in [7, 11) is 0. The normalized spacial score (nSPS) is 25.0. The molecular formula is C43H62FN5O8S2. The third-order valence-electron chi connectivity index (χ3n) is 11.7. The van der Waals surface area contributed by atoms with Crippen LogP contribution in [0.5, 0.6) is 0 Å². The third kappa shape index (κ3) is 12.2. The molecule has 0 spiro atoms. The topological polar surface area (TPSA) is 160 Å². The lowest BCUT2D eigenvalue weighted by Crippen LogP contribution is -2.61. The van der Waals surface area contributed by atoms with Crippen molar-refractivity contribution in [2.45, 2.75) is 133 Å². The predicted molar refractivity (Wildman–Crippen MR) is 226 cm³/mol. The van der Waals surface area contributed by atoms with Gasteiger partial charge in [-0.15, -0.1) is 11.3 Å². The molecule has 326 valence electrons. The van der Waals surface area contributed by atoms with Gasteiger partial charge in [0.05, 0.1) is 48.0 Å². The van der Waals surface area contributed by atoms with E-state index in [0.717, 1.165) is 53.1 Å². The fraction of sp³-hybridized carbons (Fsp3) is 0.698. The molecule has 16 heteroatoms. The average Bonchev–Trinajstić information content (AvgIpc) is 3.60. The monoisotopic (exact) mass is 859 g/mol. The summed E-state index contributed by atoms with van der Waals surface area (Å²) >= 11 is 3.14. The molecule has 3 N–H and O–H groups in total. The second-order valence-electron chi connectivity index (χ2n) is 18.2. The van der Waals surface area contributed by atoms with Crippen molar-refractivity contribution in [1.82, 2.24) is 25.4 Å². The van der Waals surface area contributed by atoms with Crippen LogP contribution in [0, 0.1) is 18.8 Å². The number of carbonyl (C=O) groups excluding carboxylic acids is 4. The van der Waals surface area contributed by atoms with Crippen molar-refractivity contribution in [3.8, 4) is 10.4 Å². The summed E-state index contributed by atoms with van der Waals surface area (Å²) < 4.78 is 31.7. The molecule has 4 aliphatic rings. The van der Waals surface area contributed by atoms with E-state index in [1.165, 1.54) is 4.90 Å². The number of aryl methyl sites for hydroxylation is 1. The first-order valence-corrected chi connectivity index (χ1v) is 22.8. The Labute approximate surface area is 355 Å². The Hall–Kier alpha value is -3.31. The zero-order valence-corrected chi connectivity index (χ0v) is 36.9. The summed E-state index contributed by atoms with van der Waals surface area (Å²) in [6, 6.07) is 5.79. The lowest BCUT2D eigenvalue weighted by Gasteiger charge is -2.38. The quantitative estimate of drug-likeness (QED) is 0.204. The number of aromatic nitrogens is 1. The van der Waals surface area contributed by atoms with Crippen LogP contribution in [0.15, 0.2) is 29.8 Å². The largest absolute Gasteiger partial charge is 0.444 e. The molecular weight excluding hydrogens is 798 g/mol. The number of thioether (sulfide) groups is 1. The number of alkyl halides is 1. The number of rotatable bonds is 15. The second-order valence-corrected chi connectivity index (χ2v) is 20.7. The highest BCUT2D eigenvalue weighted by Crippen LogP contribution is 2.42. The maximum Gasteiger partial charge on any atom is 0.410 e. The summed E-state index contributed by atoms with van der Waals surface area (Å²) in [6.45, 7) is 13.8. The Balaban J connectivity index is 0.995. The molecule has 2 saturated heterocycles. The molecule has 6 rings (SSSR count). The zero-order valence-electron chi connectivity index (χ0n) is 35.3. The Morgan fingerprint density at radius 2 is 1.75 bits per heavy atom. The summed E-state index contributed by atoms with van der Waals surface area (Å²) in [4.78, 5) is 62.2. The van der Waals surface area contributed by atoms with E-state index in [-0.39, 0.29) is 44.5 Å². The first-order chi connectivity index (χ1) is 27.9. The fourth-order valence-electron chi connectivity index (χ4n) is 7.92. The molecule has 4 fully saturated rings. The number of aliphatic hydroxyl groups excluding tert-OH is 1. The lowest BCUT2D eigenvalue weighted by atomic mass is 9.83. The number of halogens is 1. The van der Waals surface area contributed by atoms with Crippen LogP contribution in [0.4, 0.5) is 9.18 Å². The molecule has 1 aromatic carbocycles. The minimum Gasteiger partial charge on any atom is -0.444 e. The number of aliphatic hydroxyl groups is 1. The molecule has 2 aliphatic heterocycles. The number of hydrogen-bond donors (Lipinski definition) is 3. The van der Waals surface area contributed by atoms with Gasteiger partial charge in [-0.2, -0.15) is 11.8 Å². The van der Waals surface area contributed by atoms with Gasteiger partial charge in [0.2, 0.25) is 11.8 Å². The first kappa shape index (κ1) is 45.2. The molecule has 3 heterocycles. The van der Waals surface area contributed by atoms with Gasteiger partial charge in [0, 0.05) is 37.4 Å². The lowest BCUT2D eigenvalue weighted by molar-refractivity contribution is -0.143. The van der Waals surface area contributed by atoms with E-state index in [4.69, 9.17) is 14.2 Å². The molecule has 2 aromatic rings. The number of ether oxygens (including phenoxy) is 3. The van der Waals surface area contributed by atoms with E-state index in [0.29, 0.717) is 44.7 Å². The number of nitrogens with zero attached hydrogens (tertiary/aromatic N) is 3. The van der Waals surface area contributed by atoms with Gasteiger partial charge in [-0.25, -0.2) is 14.2 Å². The maximum atomic E-state index is 15.1. The highest BCUT2D eigenvalue weighted by Gasteiger charge is 2.54. The van der Waals surface area contributed by atoms with E-state index in [1.807, 2.05) is 71.3 Å². The van der Waals surface area contributed by atoms with Gasteiger partial charge in [-0.3, -0.25) is 14.4 Å². The van der Waals surface area contributed by atoms with Crippen molar-refractivity contribution >= 4 is 46.9 Å². The van der Waals surface area contributed by atoms with Crippen molar-refractivity contribution < 1.29 is 42.9 Å². The second kappa shape index (κ2) is 19.2. The molecule has 13 nitrogen and oxygen atoms in total. The number of nitrogens with one attached hydrogen (secondary N) is 2. The number of morpholine rings is 1. The standard InChI is InChI=1S/C43H62FN5O8S2/c1-27-35(58-26-46-27)31-13-11-28(12-14-31)20-45-37(51)34-19-32(50)21-49(34)38(52)36(47-39(53)43(44)15-16-43)42(5,6)59-25-30-9-7-29(8-10-30)23-55-24-33-22-48(17-18-56-33)40(54)57-41(2,3)4/h11-14,26,29-30,32-34,36,50H,7-10,15-25H2,1-6H3,(H,45,51)(H,47,53)/t29?,30?,32-,33-,34+,36-/m1/s1. The highest BCUT2D eigenvalue weighted by atomic mass is 32.2. The first-order valence-electron chi connectivity index (χ1n) is 21.0. The molecule has 1 aromatic heterocycles. The average molecular weight is 860 g/mol. The third-order valence-corrected chi connectivity index (χ3v) is 14.3. The van der Waals surface area contributed by atoms with E-state index in [1.54, 1.807) is 28.0 Å². The van der Waals surface area contributed by atoms with Gasteiger partial charge >= 0.3 is 6.09 Å². The Morgan fingerprint density at radius 1 is 1.05 bits per heavy atom. The van der Waals surface area contributed by atoms with Crippen molar-refractivity contribution in [1.29, 1.82) is 0 Å². The van der Waals surface area contributed by atoms with Gasteiger partial charge < -0.3 is 39.8 Å². The number of hydrogen-bond acceptors (Lipinski definition) is 11. The summed E-state index contributed by atoms with van der Waals surface area (Å²) in [5.74, 6) is -0.177. The molecule has 4 atom stereocenters.